The smallest absolute Gasteiger partial charge is 0.233 e. The van der Waals surface area contributed by atoms with Crippen LogP contribution in [0.25, 0.3) is 0 Å². The molecule has 3 atom stereocenters. The summed E-state index contributed by atoms with van der Waals surface area (Å²) >= 11 is 6.28. The molecule has 1 aliphatic carbocycles. The van der Waals surface area contributed by atoms with Crippen LogP contribution in [0.2, 0.25) is 5.02 Å². The molecule has 0 bridgehead atoms. The average molecular weight is 310 g/mol. The second-order valence-electron chi connectivity index (χ2n) is 6.37. The van der Waals surface area contributed by atoms with Crippen LogP contribution >= 0.6 is 11.6 Å². The van der Waals surface area contributed by atoms with E-state index in [-0.39, 0.29) is 11.9 Å². The zero-order valence-electron chi connectivity index (χ0n) is 12.9. The molecule has 1 aliphatic rings. The van der Waals surface area contributed by atoms with Crippen molar-refractivity contribution in [2.75, 3.05) is 0 Å². The van der Waals surface area contributed by atoms with Gasteiger partial charge in [-0.15, -0.1) is 0 Å². The molecule has 1 aromatic heterocycles. The number of hydrogen-bond donors (Lipinski definition) is 2. The van der Waals surface area contributed by atoms with E-state index in [1.54, 1.807) is 12.3 Å². The molecule has 0 saturated heterocycles. The van der Waals surface area contributed by atoms with Crippen molar-refractivity contribution in [1.82, 2.24) is 4.98 Å². The molecule has 1 aromatic rings. The molecule has 1 fully saturated rings. The molecule has 21 heavy (non-hydrogen) atoms. The molecule has 3 N–H and O–H groups in total. The van der Waals surface area contributed by atoms with Gasteiger partial charge in [-0.2, -0.15) is 0 Å². The first kappa shape index (κ1) is 16.1. The van der Waals surface area contributed by atoms with E-state index in [1.165, 1.54) is 12.8 Å². The van der Waals surface area contributed by atoms with Crippen molar-refractivity contribution >= 4 is 17.4 Å². The highest BCUT2D eigenvalue weighted by atomic mass is 35.5. The number of halogens is 1. The Kier molecular flexibility index (Phi) is 5.09. The van der Waals surface area contributed by atoms with Gasteiger partial charge in [0.2, 0.25) is 5.88 Å². The van der Waals surface area contributed by atoms with Crippen LogP contribution in [0.5, 0.6) is 5.88 Å². The SMILES string of the molecule is CC1CCC(C(C)C)C(Oc2nccc(C(=N)N)c2Cl)C1. The molecule has 0 radical (unpaired) electrons. The third-order valence-corrected chi connectivity index (χ3v) is 4.74. The summed E-state index contributed by atoms with van der Waals surface area (Å²) in [4.78, 5) is 4.23. The van der Waals surface area contributed by atoms with Crippen LogP contribution in [0.15, 0.2) is 12.3 Å². The molecule has 0 amide bonds. The Morgan fingerprint density at radius 3 is 2.81 bits per heavy atom. The van der Waals surface area contributed by atoms with Crippen molar-refractivity contribution in [2.45, 2.75) is 46.1 Å². The Hall–Kier alpha value is -1.29. The highest BCUT2D eigenvalue weighted by molar-refractivity contribution is 6.35. The van der Waals surface area contributed by atoms with Crippen LogP contribution < -0.4 is 10.5 Å². The molecule has 5 heteroatoms. The number of nitrogens with zero attached hydrogens (tertiary/aromatic N) is 1. The molecular weight excluding hydrogens is 286 g/mol. The van der Waals surface area contributed by atoms with E-state index in [4.69, 9.17) is 27.5 Å². The van der Waals surface area contributed by atoms with E-state index in [2.05, 4.69) is 25.8 Å². The lowest BCUT2D eigenvalue weighted by molar-refractivity contribution is 0.0427. The van der Waals surface area contributed by atoms with Gasteiger partial charge in [0.15, 0.2) is 0 Å². The fourth-order valence-electron chi connectivity index (χ4n) is 3.11. The normalized spacial score (nSPS) is 25.9. The van der Waals surface area contributed by atoms with Crippen LogP contribution in [0.4, 0.5) is 0 Å². The maximum absolute atomic E-state index is 7.54. The number of rotatable bonds is 4. The van der Waals surface area contributed by atoms with Crippen molar-refractivity contribution in [3.8, 4) is 5.88 Å². The molecule has 0 aromatic carbocycles. The molecule has 4 nitrogen and oxygen atoms in total. The van der Waals surface area contributed by atoms with E-state index in [0.717, 1.165) is 6.42 Å². The topological polar surface area (TPSA) is 72.0 Å². The summed E-state index contributed by atoms with van der Waals surface area (Å²) in [6.45, 7) is 6.73. The van der Waals surface area contributed by atoms with E-state index >= 15 is 0 Å². The zero-order chi connectivity index (χ0) is 15.6. The first-order valence-electron chi connectivity index (χ1n) is 7.55. The average Bonchev–Trinajstić information content (AvgIpc) is 2.40. The largest absolute Gasteiger partial charge is 0.473 e. The minimum Gasteiger partial charge on any atom is -0.473 e. The summed E-state index contributed by atoms with van der Waals surface area (Å²) in [6, 6.07) is 1.64. The van der Waals surface area contributed by atoms with Gasteiger partial charge in [-0.25, -0.2) is 4.98 Å². The van der Waals surface area contributed by atoms with Crippen LogP contribution in [0, 0.1) is 23.2 Å². The summed E-state index contributed by atoms with van der Waals surface area (Å²) in [5, 5.41) is 7.88. The van der Waals surface area contributed by atoms with Crippen molar-refractivity contribution in [3.63, 3.8) is 0 Å². The van der Waals surface area contributed by atoms with Crippen molar-refractivity contribution in [2.24, 2.45) is 23.5 Å². The van der Waals surface area contributed by atoms with E-state index in [1.807, 2.05) is 0 Å². The molecule has 116 valence electrons. The first-order valence-corrected chi connectivity index (χ1v) is 7.93. The summed E-state index contributed by atoms with van der Waals surface area (Å²) < 4.78 is 6.13. The number of ether oxygens (including phenoxy) is 1. The van der Waals surface area contributed by atoms with Crippen LogP contribution in [0.3, 0.4) is 0 Å². The van der Waals surface area contributed by atoms with Gasteiger partial charge in [0.1, 0.15) is 17.0 Å². The fourth-order valence-corrected chi connectivity index (χ4v) is 3.37. The minimum absolute atomic E-state index is 0.0651. The van der Waals surface area contributed by atoms with Gasteiger partial charge in [0.05, 0.1) is 0 Å². The minimum atomic E-state index is -0.0651. The van der Waals surface area contributed by atoms with Crippen molar-refractivity contribution < 1.29 is 4.74 Å². The lowest BCUT2D eigenvalue weighted by atomic mass is 9.75. The van der Waals surface area contributed by atoms with Gasteiger partial charge < -0.3 is 10.5 Å². The number of hydrogen-bond acceptors (Lipinski definition) is 3. The number of aromatic nitrogens is 1. The Morgan fingerprint density at radius 1 is 1.48 bits per heavy atom. The summed E-state index contributed by atoms with van der Waals surface area (Å²) in [5.74, 6) is 2.07. The lowest BCUT2D eigenvalue weighted by Gasteiger charge is -2.37. The molecular formula is C16H24ClN3O. The second-order valence-corrected chi connectivity index (χ2v) is 6.75. The molecule has 0 spiro atoms. The number of nitrogens with two attached hydrogens (primary N) is 1. The predicted molar refractivity (Wildman–Crippen MR) is 86.0 cm³/mol. The first-order chi connectivity index (χ1) is 9.90. The number of nitrogens with one attached hydrogen (secondary N) is 1. The van der Waals surface area contributed by atoms with Crippen LogP contribution in [0.1, 0.15) is 45.6 Å². The van der Waals surface area contributed by atoms with Crippen LogP contribution in [-0.2, 0) is 0 Å². The maximum atomic E-state index is 7.54. The standard InChI is InChI=1S/C16H24ClN3O/c1-9(2)11-5-4-10(3)8-13(11)21-16-14(17)12(15(18)19)6-7-20-16/h6-7,9-11,13H,4-5,8H2,1-3H3,(H3,18,19). The highest BCUT2D eigenvalue weighted by Crippen LogP contribution is 2.37. The monoisotopic (exact) mass is 309 g/mol. The summed E-state index contributed by atoms with van der Waals surface area (Å²) in [6.07, 6.45) is 5.16. The van der Waals surface area contributed by atoms with Gasteiger partial charge in [0, 0.05) is 11.8 Å². The van der Waals surface area contributed by atoms with Gasteiger partial charge in [0.25, 0.3) is 0 Å². The molecule has 1 saturated carbocycles. The summed E-state index contributed by atoms with van der Waals surface area (Å²) in [7, 11) is 0. The Bertz CT molecular complexity index is 518. The number of amidine groups is 1. The quantitative estimate of drug-likeness (QED) is 0.655. The van der Waals surface area contributed by atoms with Gasteiger partial charge in [-0.3, -0.25) is 5.41 Å². The van der Waals surface area contributed by atoms with Gasteiger partial charge in [-0.1, -0.05) is 38.8 Å². The Balaban J connectivity index is 2.23. The van der Waals surface area contributed by atoms with Crippen LogP contribution in [-0.4, -0.2) is 16.9 Å². The van der Waals surface area contributed by atoms with Crippen molar-refractivity contribution in [1.29, 1.82) is 5.41 Å². The third kappa shape index (κ3) is 3.67. The molecule has 2 rings (SSSR count). The van der Waals surface area contributed by atoms with E-state index < -0.39 is 0 Å². The zero-order valence-corrected chi connectivity index (χ0v) is 13.7. The Morgan fingerprint density at radius 2 is 2.19 bits per heavy atom. The number of pyridine rings is 1. The predicted octanol–water partition coefficient (Wildman–Crippen LogP) is 3.86. The summed E-state index contributed by atoms with van der Waals surface area (Å²) in [5.41, 5.74) is 6.01. The van der Waals surface area contributed by atoms with Gasteiger partial charge in [-0.05, 0) is 36.7 Å². The van der Waals surface area contributed by atoms with E-state index in [0.29, 0.717) is 34.2 Å². The molecule has 1 heterocycles. The van der Waals surface area contributed by atoms with E-state index in [9.17, 15) is 0 Å². The molecule has 0 aliphatic heterocycles. The number of nitrogen functional groups attached to an aromatic ring is 1. The third-order valence-electron chi connectivity index (χ3n) is 4.37. The lowest BCUT2D eigenvalue weighted by Crippen LogP contribution is -2.36. The van der Waals surface area contributed by atoms with Gasteiger partial charge >= 0.3 is 0 Å². The second kappa shape index (κ2) is 6.65. The maximum Gasteiger partial charge on any atom is 0.233 e. The van der Waals surface area contributed by atoms with Crippen molar-refractivity contribution in [3.05, 3.63) is 22.8 Å². The highest BCUT2D eigenvalue weighted by Gasteiger charge is 2.33. The Labute approximate surface area is 131 Å². The molecule has 3 unspecified atom stereocenters. The fraction of sp³-hybridized carbons (Fsp3) is 0.625.